The van der Waals surface area contributed by atoms with E-state index in [1.807, 2.05) is 12.1 Å². The van der Waals surface area contributed by atoms with Gasteiger partial charge in [-0.2, -0.15) is 0 Å². The van der Waals surface area contributed by atoms with E-state index in [2.05, 4.69) is 182 Å². The van der Waals surface area contributed by atoms with Crippen molar-refractivity contribution in [1.29, 1.82) is 0 Å². The summed E-state index contributed by atoms with van der Waals surface area (Å²) in [4.78, 5) is 0. The largest absolute Gasteiger partial charge is 0.456 e. The van der Waals surface area contributed by atoms with Crippen molar-refractivity contribution in [3.05, 3.63) is 187 Å². The first-order valence-corrected chi connectivity index (χ1v) is 18.8. The van der Waals surface area contributed by atoms with Gasteiger partial charge in [0.2, 0.25) is 8.07 Å². The summed E-state index contributed by atoms with van der Waals surface area (Å²) in [5.41, 5.74) is 10.6. The van der Waals surface area contributed by atoms with Gasteiger partial charge in [-0.3, -0.25) is 0 Å². The highest BCUT2D eigenvalue weighted by Crippen LogP contribution is 2.41. The minimum atomic E-state index is -2.79. The van der Waals surface area contributed by atoms with Crippen molar-refractivity contribution in [3.8, 4) is 22.6 Å². The van der Waals surface area contributed by atoms with Crippen LogP contribution in [0.4, 0.5) is 0 Å². The molecule has 0 aliphatic heterocycles. The quantitative estimate of drug-likeness (QED) is 0.0808. The summed E-state index contributed by atoms with van der Waals surface area (Å²) in [6.07, 6.45) is 0. The van der Waals surface area contributed by atoms with E-state index in [1.54, 1.807) is 0 Å². The maximum Gasteiger partial charge on any atom is 0.230 e. The van der Waals surface area contributed by atoms with Gasteiger partial charge in [0.1, 0.15) is 11.2 Å². The summed E-state index contributed by atoms with van der Waals surface area (Å²) < 4.78 is 6.22. The average Bonchev–Trinajstić information content (AvgIpc) is 3.54. The molecule has 0 N–H and O–H groups in total. The van der Waals surface area contributed by atoms with E-state index in [-0.39, 0.29) is 0 Å². The summed E-state index contributed by atoms with van der Waals surface area (Å²) in [5.74, 6) is 3.91. The topological polar surface area (TPSA) is 13.1 Å². The fraction of sp³-hybridized carbons (Fsp3) is 0.0213. The number of benzene rings is 8. The molecule has 0 fully saturated rings. The molecule has 0 saturated carbocycles. The lowest BCUT2D eigenvalue weighted by atomic mass is 9.87. The van der Waals surface area contributed by atoms with Crippen molar-refractivity contribution >= 4 is 67.1 Å². The van der Waals surface area contributed by atoms with Crippen LogP contribution in [0, 0.1) is 18.4 Å². The second kappa shape index (κ2) is 11.8. The van der Waals surface area contributed by atoms with Crippen LogP contribution in [-0.4, -0.2) is 8.07 Å². The molecule has 1 heterocycles. The lowest BCUT2D eigenvalue weighted by Gasteiger charge is -2.28. The molecule has 230 valence electrons. The van der Waals surface area contributed by atoms with E-state index in [0.29, 0.717) is 0 Å². The van der Waals surface area contributed by atoms with Gasteiger partial charge in [0, 0.05) is 16.3 Å². The SMILES string of the molecule is Cc1ccc2c(C#C[Si](c3ccccc3)(c3ccccc3)c3ccccc3)c3ccccc3c(-c3ccc4oc5ccccc5c4c3)c2c1. The Kier molecular flexibility index (Phi) is 7.01. The smallest absolute Gasteiger partial charge is 0.230 e. The molecule has 8 aromatic carbocycles. The second-order valence-electron chi connectivity index (χ2n) is 12.8. The Morgan fingerprint density at radius 2 is 0.959 bits per heavy atom. The van der Waals surface area contributed by atoms with E-state index < -0.39 is 8.07 Å². The molecule has 0 unspecified atom stereocenters. The zero-order valence-corrected chi connectivity index (χ0v) is 28.2. The Morgan fingerprint density at radius 1 is 0.429 bits per heavy atom. The normalized spacial score (nSPS) is 11.6. The first-order chi connectivity index (χ1) is 24.2. The van der Waals surface area contributed by atoms with Crippen molar-refractivity contribution in [3.63, 3.8) is 0 Å². The van der Waals surface area contributed by atoms with Crippen LogP contribution in [0.2, 0.25) is 0 Å². The van der Waals surface area contributed by atoms with Crippen LogP contribution in [0.15, 0.2) is 180 Å². The molecule has 0 amide bonds. The first-order valence-electron chi connectivity index (χ1n) is 16.8. The number of hydrogen-bond acceptors (Lipinski definition) is 1. The predicted molar refractivity (Wildman–Crippen MR) is 210 cm³/mol. The average molecular weight is 641 g/mol. The summed E-state index contributed by atoms with van der Waals surface area (Å²) in [5, 5.41) is 10.8. The Bertz CT molecular complexity index is 2620. The minimum absolute atomic E-state index is 0.904. The van der Waals surface area contributed by atoms with Gasteiger partial charge >= 0.3 is 0 Å². The van der Waals surface area contributed by atoms with Gasteiger partial charge in [-0.15, -0.1) is 5.54 Å². The molecule has 9 rings (SSSR count). The Labute approximate surface area is 287 Å². The molecule has 0 aliphatic rings. The highest BCUT2D eigenvalue weighted by Gasteiger charge is 2.38. The Hall–Kier alpha value is -6.14. The maximum absolute atomic E-state index is 6.22. The number of aryl methyl sites for hydroxylation is 1. The molecular formula is C47H32OSi. The standard InChI is InChI=1S/C47H32OSi/c1-33-25-27-39-40(29-30-49(35-15-5-2-6-16-35,36-17-7-3-8-18-36)37-19-9-4-10-20-37)38-21-11-12-23-42(38)47(44(39)31-33)34-26-28-46-43(32-34)41-22-13-14-24-45(41)48-46/h2-28,31-32H,1H3. The van der Waals surface area contributed by atoms with E-state index in [4.69, 9.17) is 4.42 Å². The van der Waals surface area contributed by atoms with Gasteiger partial charge in [0.25, 0.3) is 0 Å². The van der Waals surface area contributed by atoms with Crippen molar-refractivity contribution in [2.45, 2.75) is 6.92 Å². The van der Waals surface area contributed by atoms with E-state index in [1.165, 1.54) is 48.4 Å². The fourth-order valence-electron chi connectivity index (χ4n) is 7.56. The van der Waals surface area contributed by atoms with E-state index >= 15 is 0 Å². The van der Waals surface area contributed by atoms with Gasteiger partial charge in [0.15, 0.2) is 0 Å². The highest BCUT2D eigenvalue weighted by atomic mass is 28.3. The fourth-order valence-corrected chi connectivity index (χ4v) is 11.4. The van der Waals surface area contributed by atoms with Gasteiger partial charge in [0.05, 0.1) is 0 Å². The zero-order chi connectivity index (χ0) is 32.8. The van der Waals surface area contributed by atoms with Crippen LogP contribution in [0.5, 0.6) is 0 Å². The van der Waals surface area contributed by atoms with Crippen molar-refractivity contribution in [2.24, 2.45) is 0 Å². The highest BCUT2D eigenvalue weighted by molar-refractivity contribution is 7.16. The van der Waals surface area contributed by atoms with Crippen LogP contribution in [0.25, 0.3) is 54.6 Å². The Morgan fingerprint density at radius 3 is 1.61 bits per heavy atom. The molecule has 0 atom stereocenters. The predicted octanol–water partition coefficient (Wildman–Crippen LogP) is 9.93. The molecule has 0 radical (unpaired) electrons. The van der Waals surface area contributed by atoms with Crippen molar-refractivity contribution in [1.82, 2.24) is 0 Å². The summed E-state index contributed by atoms with van der Waals surface area (Å²) in [6, 6.07) is 63.3. The van der Waals surface area contributed by atoms with Gasteiger partial charge in [-0.05, 0) is 73.4 Å². The third kappa shape index (κ3) is 4.79. The monoisotopic (exact) mass is 640 g/mol. The molecular weight excluding hydrogens is 609 g/mol. The molecule has 0 bridgehead atoms. The summed E-state index contributed by atoms with van der Waals surface area (Å²) in [7, 11) is -2.79. The van der Waals surface area contributed by atoms with Crippen LogP contribution in [0.1, 0.15) is 11.1 Å². The van der Waals surface area contributed by atoms with Crippen molar-refractivity contribution < 1.29 is 4.42 Å². The zero-order valence-electron chi connectivity index (χ0n) is 27.2. The van der Waals surface area contributed by atoms with Crippen LogP contribution in [-0.2, 0) is 0 Å². The molecule has 0 spiro atoms. The number of rotatable bonds is 4. The first kappa shape index (κ1) is 29.0. The lowest BCUT2D eigenvalue weighted by Crippen LogP contribution is -2.66. The van der Waals surface area contributed by atoms with E-state index in [0.717, 1.165) is 32.9 Å². The van der Waals surface area contributed by atoms with Crippen LogP contribution >= 0.6 is 0 Å². The second-order valence-corrected chi connectivity index (χ2v) is 16.2. The number of fused-ring (bicyclic) bond motifs is 5. The van der Waals surface area contributed by atoms with Gasteiger partial charge in [-0.25, -0.2) is 0 Å². The maximum atomic E-state index is 6.22. The van der Waals surface area contributed by atoms with Gasteiger partial charge in [-0.1, -0.05) is 169 Å². The van der Waals surface area contributed by atoms with Crippen LogP contribution in [0.3, 0.4) is 0 Å². The van der Waals surface area contributed by atoms with E-state index in [9.17, 15) is 0 Å². The number of hydrogen-bond donors (Lipinski definition) is 0. The Balaban J connectivity index is 1.37. The number of para-hydroxylation sites is 1. The summed E-state index contributed by atoms with van der Waals surface area (Å²) in [6.45, 7) is 2.18. The van der Waals surface area contributed by atoms with Gasteiger partial charge < -0.3 is 4.42 Å². The molecule has 49 heavy (non-hydrogen) atoms. The third-order valence-electron chi connectivity index (χ3n) is 9.84. The number of furan rings is 1. The van der Waals surface area contributed by atoms with Crippen LogP contribution < -0.4 is 15.6 Å². The molecule has 0 saturated heterocycles. The summed E-state index contributed by atoms with van der Waals surface area (Å²) >= 11 is 0. The lowest BCUT2D eigenvalue weighted by molar-refractivity contribution is 0.669. The molecule has 9 aromatic rings. The molecule has 2 heteroatoms. The minimum Gasteiger partial charge on any atom is -0.456 e. The third-order valence-corrected chi connectivity index (χ3v) is 13.9. The molecule has 1 nitrogen and oxygen atoms in total. The molecule has 0 aliphatic carbocycles. The molecule has 1 aromatic heterocycles. The van der Waals surface area contributed by atoms with Crippen molar-refractivity contribution in [2.75, 3.05) is 0 Å².